The van der Waals surface area contributed by atoms with Gasteiger partial charge in [0.2, 0.25) is 10.0 Å². The zero-order chi connectivity index (χ0) is 14.6. The van der Waals surface area contributed by atoms with Gasteiger partial charge in [0.25, 0.3) is 5.91 Å². The Bertz CT molecular complexity index is 706. The lowest BCUT2D eigenvalue weighted by Crippen LogP contribution is -2.29. The van der Waals surface area contributed by atoms with Gasteiger partial charge in [-0.1, -0.05) is 6.07 Å². The van der Waals surface area contributed by atoms with Gasteiger partial charge >= 0.3 is 0 Å². The monoisotopic (exact) mass is 295 g/mol. The molecule has 0 fully saturated rings. The van der Waals surface area contributed by atoms with Crippen LogP contribution in [-0.4, -0.2) is 38.7 Å². The maximum absolute atomic E-state index is 12.1. The maximum atomic E-state index is 12.1. The minimum Gasteiger partial charge on any atom is -0.361 e. The predicted molar refractivity (Wildman–Crippen MR) is 78.1 cm³/mol. The summed E-state index contributed by atoms with van der Waals surface area (Å²) >= 11 is 0. The number of carbonyl (C=O) groups excluding carboxylic acids is 1. The van der Waals surface area contributed by atoms with Gasteiger partial charge in [0.05, 0.1) is 6.26 Å². The maximum Gasteiger partial charge on any atom is 0.251 e. The van der Waals surface area contributed by atoms with Crippen molar-refractivity contribution in [3.8, 4) is 0 Å². The summed E-state index contributed by atoms with van der Waals surface area (Å²) in [5.41, 5.74) is 1.52. The largest absolute Gasteiger partial charge is 0.361 e. The normalized spacial score (nSPS) is 11.7. The summed E-state index contributed by atoms with van der Waals surface area (Å²) in [4.78, 5) is 15.1. The third kappa shape index (κ3) is 3.82. The fraction of sp³-hybridized carbons (Fsp3) is 0.308. The highest BCUT2D eigenvalue weighted by atomic mass is 32.2. The van der Waals surface area contributed by atoms with E-state index >= 15 is 0 Å². The molecule has 6 nitrogen and oxygen atoms in total. The highest BCUT2D eigenvalue weighted by molar-refractivity contribution is 7.88. The number of H-pyrrole nitrogens is 1. The van der Waals surface area contributed by atoms with Gasteiger partial charge in [-0.15, -0.1) is 0 Å². The fourth-order valence-corrected chi connectivity index (χ4v) is 2.44. The van der Waals surface area contributed by atoms with E-state index in [1.165, 1.54) is 0 Å². The van der Waals surface area contributed by atoms with E-state index in [2.05, 4.69) is 15.0 Å². The topological polar surface area (TPSA) is 91.1 Å². The van der Waals surface area contributed by atoms with Crippen LogP contribution >= 0.6 is 0 Å². The summed E-state index contributed by atoms with van der Waals surface area (Å²) in [6, 6.07) is 7.34. The Balaban J connectivity index is 1.88. The number of hydrogen-bond donors (Lipinski definition) is 3. The van der Waals surface area contributed by atoms with Crippen LogP contribution in [0.25, 0.3) is 10.9 Å². The molecule has 0 unspecified atom stereocenters. The van der Waals surface area contributed by atoms with E-state index < -0.39 is 10.0 Å². The van der Waals surface area contributed by atoms with Gasteiger partial charge < -0.3 is 10.3 Å². The number of benzene rings is 1. The minimum absolute atomic E-state index is 0.158. The number of amides is 1. The average molecular weight is 295 g/mol. The van der Waals surface area contributed by atoms with Crippen LogP contribution in [0.4, 0.5) is 0 Å². The standard InChI is InChI=1S/C13H17N3O3S/c1-20(18,19)16-8-3-7-15-13(17)11-4-2-5-12-10(11)6-9-14-12/h2,4-6,9,14,16H,3,7-8H2,1H3,(H,15,17). The summed E-state index contributed by atoms with van der Waals surface area (Å²) in [5, 5.41) is 3.65. The molecule has 0 saturated heterocycles. The van der Waals surface area contributed by atoms with Crippen LogP contribution in [0.3, 0.4) is 0 Å². The Morgan fingerprint density at radius 2 is 2.05 bits per heavy atom. The zero-order valence-electron chi connectivity index (χ0n) is 11.1. The summed E-state index contributed by atoms with van der Waals surface area (Å²) in [5.74, 6) is -0.158. The van der Waals surface area contributed by atoms with Crippen LogP contribution in [0, 0.1) is 0 Å². The molecule has 1 aromatic heterocycles. The first kappa shape index (κ1) is 14.5. The number of sulfonamides is 1. The van der Waals surface area contributed by atoms with Crippen molar-refractivity contribution in [2.75, 3.05) is 19.3 Å². The first-order valence-electron chi connectivity index (χ1n) is 6.26. The Morgan fingerprint density at radius 3 is 2.80 bits per heavy atom. The van der Waals surface area contributed by atoms with E-state index in [1.54, 1.807) is 12.3 Å². The smallest absolute Gasteiger partial charge is 0.251 e. The van der Waals surface area contributed by atoms with E-state index in [0.29, 0.717) is 25.1 Å². The Morgan fingerprint density at radius 1 is 1.25 bits per heavy atom. The van der Waals surface area contributed by atoms with E-state index in [1.807, 2.05) is 18.2 Å². The van der Waals surface area contributed by atoms with Gasteiger partial charge in [-0.3, -0.25) is 4.79 Å². The SMILES string of the molecule is CS(=O)(=O)NCCCNC(=O)c1cccc2[nH]ccc12. The first-order chi connectivity index (χ1) is 9.47. The van der Waals surface area contributed by atoms with E-state index in [4.69, 9.17) is 0 Å². The number of nitrogens with one attached hydrogen (secondary N) is 3. The molecular weight excluding hydrogens is 278 g/mol. The molecule has 0 bridgehead atoms. The summed E-state index contributed by atoms with van der Waals surface area (Å²) in [6.07, 6.45) is 3.44. The molecule has 0 aliphatic heterocycles. The molecule has 0 saturated carbocycles. The van der Waals surface area contributed by atoms with Crippen molar-refractivity contribution in [1.29, 1.82) is 0 Å². The van der Waals surface area contributed by atoms with Crippen LogP contribution < -0.4 is 10.0 Å². The molecule has 0 atom stereocenters. The zero-order valence-corrected chi connectivity index (χ0v) is 12.0. The number of aromatic amines is 1. The van der Waals surface area contributed by atoms with Crippen LogP contribution in [0.15, 0.2) is 30.5 Å². The number of carbonyl (C=O) groups is 1. The third-order valence-electron chi connectivity index (χ3n) is 2.84. The Hall–Kier alpha value is -1.86. The molecule has 0 aliphatic carbocycles. The Labute approximate surface area is 117 Å². The van der Waals surface area contributed by atoms with Gasteiger partial charge in [-0.25, -0.2) is 13.1 Å². The number of hydrogen-bond acceptors (Lipinski definition) is 3. The van der Waals surface area contributed by atoms with Gasteiger partial charge in [0, 0.05) is 35.8 Å². The number of aromatic nitrogens is 1. The molecule has 0 aliphatic rings. The lowest BCUT2D eigenvalue weighted by Gasteiger charge is -2.06. The molecule has 0 spiro atoms. The minimum atomic E-state index is -3.17. The molecule has 20 heavy (non-hydrogen) atoms. The second-order valence-corrected chi connectivity index (χ2v) is 6.35. The predicted octanol–water partition coefficient (Wildman–Crippen LogP) is 0.837. The lowest BCUT2D eigenvalue weighted by atomic mass is 10.1. The van der Waals surface area contributed by atoms with E-state index in [-0.39, 0.29) is 5.91 Å². The van der Waals surface area contributed by atoms with Crippen molar-refractivity contribution in [3.63, 3.8) is 0 Å². The summed E-state index contributed by atoms with van der Waals surface area (Å²) in [6.45, 7) is 0.732. The molecule has 2 rings (SSSR count). The molecule has 3 N–H and O–H groups in total. The van der Waals surface area contributed by atoms with Gasteiger partial charge in [0.1, 0.15) is 0 Å². The molecule has 1 aromatic carbocycles. The van der Waals surface area contributed by atoms with Crippen molar-refractivity contribution in [2.24, 2.45) is 0 Å². The summed E-state index contributed by atoms with van der Waals surface area (Å²) < 4.78 is 24.1. The molecule has 108 valence electrons. The Kier molecular flexibility index (Phi) is 4.41. The molecule has 1 heterocycles. The second-order valence-electron chi connectivity index (χ2n) is 4.52. The van der Waals surface area contributed by atoms with Crippen LogP contribution in [0.1, 0.15) is 16.8 Å². The van der Waals surface area contributed by atoms with Crippen molar-refractivity contribution < 1.29 is 13.2 Å². The fourth-order valence-electron chi connectivity index (χ4n) is 1.93. The van der Waals surface area contributed by atoms with E-state index in [0.717, 1.165) is 17.2 Å². The van der Waals surface area contributed by atoms with Crippen LogP contribution in [0.2, 0.25) is 0 Å². The van der Waals surface area contributed by atoms with Crippen LogP contribution in [-0.2, 0) is 10.0 Å². The molecule has 0 radical (unpaired) electrons. The summed E-state index contributed by atoms with van der Waals surface area (Å²) in [7, 11) is -3.17. The van der Waals surface area contributed by atoms with Crippen molar-refractivity contribution in [3.05, 3.63) is 36.0 Å². The van der Waals surface area contributed by atoms with E-state index in [9.17, 15) is 13.2 Å². The first-order valence-corrected chi connectivity index (χ1v) is 8.15. The second kappa shape index (κ2) is 6.06. The van der Waals surface area contributed by atoms with Crippen LogP contribution in [0.5, 0.6) is 0 Å². The third-order valence-corrected chi connectivity index (χ3v) is 3.57. The molecule has 1 amide bonds. The lowest BCUT2D eigenvalue weighted by molar-refractivity contribution is 0.0955. The van der Waals surface area contributed by atoms with Crippen molar-refractivity contribution in [1.82, 2.24) is 15.0 Å². The van der Waals surface area contributed by atoms with Gasteiger partial charge in [-0.2, -0.15) is 0 Å². The number of fused-ring (bicyclic) bond motifs is 1. The molecule has 7 heteroatoms. The van der Waals surface area contributed by atoms with Gasteiger partial charge in [-0.05, 0) is 24.6 Å². The number of rotatable bonds is 6. The quantitative estimate of drug-likeness (QED) is 0.690. The van der Waals surface area contributed by atoms with Crippen molar-refractivity contribution >= 4 is 26.8 Å². The average Bonchev–Trinajstić information content (AvgIpc) is 2.84. The van der Waals surface area contributed by atoms with Crippen molar-refractivity contribution in [2.45, 2.75) is 6.42 Å². The molecular formula is C13H17N3O3S. The highest BCUT2D eigenvalue weighted by Crippen LogP contribution is 2.16. The molecule has 2 aromatic rings. The highest BCUT2D eigenvalue weighted by Gasteiger charge is 2.09. The van der Waals surface area contributed by atoms with Gasteiger partial charge in [0.15, 0.2) is 0 Å².